The first-order chi connectivity index (χ1) is 8.84. The Morgan fingerprint density at radius 1 is 1.47 bits per heavy atom. The maximum atomic E-state index is 11.5. The first-order valence-electron chi connectivity index (χ1n) is 5.96. The van der Waals surface area contributed by atoms with Crippen molar-refractivity contribution in [3.63, 3.8) is 0 Å². The van der Waals surface area contributed by atoms with E-state index >= 15 is 0 Å². The van der Waals surface area contributed by atoms with Gasteiger partial charge in [-0.25, -0.2) is 4.99 Å². The molecule has 1 atom stereocenters. The van der Waals surface area contributed by atoms with Gasteiger partial charge in [0.15, 0.2) is 6.19 Å². The largest absolute Gasteiger partial charge is 0.743 e. The van der Waals surface area contributed by atoms with Gasteiger partial charge in [-0.15, -0.1) is 0 Å². The van der Waals surface area contributed by atoms with E-state index in [0.29, 0.717) is 5.69 Å². The summed E-state index contributed by atoms with van der Waals surface area (Å²) in [6, 6.07) is 3.28. The summed E-state index contributed by atoms with van der Waals surface area (Å²) < 4.78 is 0. The number of aliphatic imine (C=N–C) groups is 1. The number of hydrogen-bond donors (Lipinski definition) is 1. The Hall–Kier alpha value is -2.13. The quantitative estimate of drug-likeness (QED) is 0.290. The number of pyridine rings is 1. The van der Waals surface area contributed by atoms with E-state index in [-0.39, 0.29) is 22.5 Å². The molecule has 19 heavy (non-hydrogen) atoms. The van der Waals surface area contributed by atoms with Gasteiger partial charge >= 0.3 is 0 Å². The van der Waals surface area contributed by atoms with E-state index in [2.05, 4.69) is 15.3 Å². The fourth-order valence-corrected chi connectivity index (χ4v) is 1.12. The van der Waals surface area contributed by atoms with E-state index in [1.165, 1.54) is 6.19 Å². The van der Waals surface area contributed by atoms with Crippen LogP contribution in [0.5, 0.6) is 0 Å². The van der Waals surface area contributed by atoms with Crippen LogP contribution in [0, 0.1) is 22.1 Å². The highest BCUT2D eigenvalue weighted by Gasteiger charge is 2.20. The second-order valence-electron chi connectivity index (χ2n) is 5.25. The number of guanidine groups is 1. The molecular weight excluding hydrogens is 242 g/mol. The van der Waals surface area contributed by atoms with Crippen LogP contribution in [0.15, 0.2) is 29.5 Å². The van der Waals surface area contributed by atoms with Crippen LogP contribution in [-0.4, -0.2) is 22.0 Å². The molecule has 0 aliphatic rings. The third kappa shape index (κ3) is 4.56. The molecule has 0 saturated heterocycles. The van der Waals surface area contributed by atoms with E-state index < -0.39 is 0 Å². The average Bonchev–Trinajstić information content (AvgIpc) is 2.37. The highest BCUT2D eigenvalue weighted by Crippen LogP contribution is 2.22. The third-order valence-corrected chi connectivity index (χ3v) is 2.79. The predicted molar refractivity (Wildman–Crippen MR) is 75.0 cm³/mol. The molecule has 1 heterocycles. The van der Waals surface area contributed by atoms with E-state index in [0.717, 1.165) is 0 Å². The lowest BCUT2D eigenvalue weighted by atomic mass is 9.88. The fourth-order valence-electron chi connectivity index (χ4n) is 1.12. The zero-order valence-corrected chi connectivity index (χ0v) is 11.6. The first kappa shape index (κ1) is 14.9. The van der Waals surface area contributed by atoms with E-state index in [9.17, 15) is 5.21 Å². The third-order valence-electron chi connectivity index (χ3n) is 2.79. The lowest BCUT2D eigenvalue weighted by molar-refractivity contribution is 0.340. The molecule has 0 aliphatic heterocycles. The molecule has 0 amide bonds. The minimum absolute atomic E-state index is 0.0175. The Kier molecular flexibility index (Phi) is 4.84. The fraction of sp³-hybridized carbons (Fsp3) is 0.462. The molecule has 0 saturated carbocycles. The number of nitrogens with one attached hydrogen (secondary N) is 1. The van der Waals surface area contributed by atoms with Crippen LogP contribution in [0.3, 0.4) is 0 Å². The highest BCUT2D eigenvalue weighted by molar-refractivity contribution is 5.94. The molecule has 102 valence electrons. The molecule has 1 aromatic heterocycles. The molecule has 1 unspecified atom stereocenters. The van der Waals surface area contributed by atoms with Crippen molar-refractivity contribution in [1.82, 2.24) is 10.0 Å². The van der Waals surface area contributed by atoms with Crippen molar-refractivity contribution in [3.05, 3.63) is 29.7 Å². The van der Waals surface area contributed by atoms with Crippen LogP contribution in [0.2, 0.25) is 0 Å². The minimum atomic E-state index is -0.110. The summed E-state index contributed by atoms with van der Waals surface area (Å²) in [4.78, 5) is 8.17. The molecule has 0 aliphatic carbocycles. The highest BCUT2D eigenvalue weighted by atomic mass is 16.5. The summed E-state index contributed by atoms with van der Waals surface area (Å²) in [5.74, 6) is -0.0175. The van der Waals surface area contributed by atoms with Gasteiger partial charge in [0.25, 0.3) is 0 Å². The van der Waals surface area contributed by atoms with E-state index in [4.69, 9.17) is 5.26 Å². The van der Waals surface area contributed by atoms with Crippen molar-refractivity contribution < 1.29 is 0 Å². The maximum Gasteiger partial charge on any atom is 0.201 e. The predicted octanol–water partition coefficient (Wildman–Crippen LogP) is 2.56. The van der Waals surface area contributed by atoms with Crippen molar-refractivity contribution in [1.29, 1.82) is 5.26 Å². The average molecular weight is 260 g/mol. The zero-order chi connectivity index (χ0) is 14.5. The van der Waals surface area contributed by atoms with Crippen molar-refractivity contribution in [2.45, 2.75) is 33.7 Å². The number of nitriles is 1. The number of hydroxylamine groups is 2. The SMILES string of the molecule is CC(N=C(Nc1ccncc1)N([O-])C#N)C(C)(C)C. The molecule has 0 spiro atoms. The monoisotopic (exact) mass is 260 g/mol. The maximum absolute atomic E-state index is 11.5. The van der Waals surface area contributed by atoms with Crippen molar-refractivity contribution >= 4 is 11.6 Å². The van der Waals surface area contributed by atoms with Crippen LogP contribution in [0.25, 0.3) is 0 Å². The smallest absolute Gasteiger partial charge is 0.201 e. The number of anilines is 1. The van der Waals surface area contributed by atoms with Gasteiger partial charge in [0, 0.05) is 18.1 Å². The van der Waals surface area contributed by atoms with E-state index in [1.54, 1.807) is 24.5 Å². The Balaban J connectivity index is 2.97. The Morgan fingerprint density at radius 2 is 2.05 bits per heavy atom. The van der Waals surface area contributed by atoms with Crippen LogP contribution < -0.4 is 5.32 Å². The number of nitrogens with zero attached hydrogens (tertiary/aromatic N) is 4. The number of aromatic nitrogens is 1. The van der Waals surface area contributed by atoms with Gasteiger partial charge in [0.05, 0.1) is 6.04 Å². The molecule has 1 rings (SSSR count). The van der Waals surface area contributed by atoms with Crippen LogP contribution in [-0.2, 0) is 0 Å². The van der Waals surface area contributed by atoms with Gasteiger partial charge in [-0.1, -0.05) is 20.8 Å². The number of hydrogen-bond acceptors (Lipinski definition) is 4. The number of rotatable bonds is 2. The van der Waals surface area contributed by atoms with Gasteiger partial charge in [-0.2, -0.15) is 5.26 Å². The topological polar surface area (TPSA) is 87.4 Å². The van der Waals surface area contributed by atoms with Crippen molar-refractivity contribution in [2.75, 3.05) is 5.32 Å². The molecule has 0 radical (unpaired) electrons. The Morgan fingerprint density at radius 3 is 2.53 bits per heavy atom. The summed E-state index contributed by atoms with van der Waals surface area (Å²) in [6.45, 7) is 7.96. The first-order valence-corrected chi connectivity index (χ1v) is 5.96. The second kappa shape index (κ2) is 6.16. The standard InChI is InChI=1S/C13H18N5O/c1-10(13(2,3)4)16-12(18(19)9-14)17-11-5-7-15-8-6-11/h5-8,10H,1-4H3,(H,15,16,17)/q-1. The minimum Gasteiger partial charge on any atom is -0.743 e. The van der Waals surface area contributed by atoms with Gasteiger partial charge in [0.2, 0.25) is 5.96 Å². The van der Waals surface area contributed by atoms with Gasteiger partial charge in [0.1, 0.15) is 0 Å². The van der Waals surface area contributed by atoms with Crippen molar-refractivity contribution in [2.24, 2.45) is 10.4 Å². The van der Waals surface area contributed by atoms with Gasteiger partial charge in [-0.05, 0) is 24.5 Å². The summed E-state index contributed by atoms with van der Waals surface area (Å²) in [6.07, 6.45) is 4.69. The Bertz CT molecular complexity index is 472. The summed E-state index contributed by atoms with van der Waals surface area (Å²) in [5, 5.41) is 23.3. The molecule has 1 N–H and O–H groups in total. The molecule has 6 heteroatoms. The van der Waals surface area contributed by atoms with Crippen LogP contribution in [0.4, 0.5) is 5.69 Å². The molecule has 6 nitrogen and oxygen atoms in total. The second-order valence-corrected chi connectivity index (χ2v) is 5.25. The molecule has 0 aromatic carbocycles. The summed E-state index contributed by atoms with van der Waals surface area (Å²) in [7, 11) is 0. The lowest BCUT2D eigenvalue weighted by Crippen LogP contribution is -2.32. The molecular formula is C13H18N5O-. The van der Waals surface area contributed by atoms with Crippen molar-refractivity contribution in [3.8, 4) is 6.19 Å². The molecule has 0 bridgehead atoms. The van der Waals surface area contributed by atoms with Gasteiger partial charge < -0.3 is 15.6 Å². The Labute approximate surface area is 113 Å². The summed E-state index contributed by atoms with van der Waals surface area (Å²) in [5.41, 5.74) is 0.563. The van der Waals surface area contributed by atoms with Gasteiger partial charge in [-0.3, -0.25) is 4.98 Å². The van der Waals surface area contributed by atoms with Crippen LogP contribution >= 0.6 is 0 Å². The molecule has 0 fully saturated rings. The lowest BCUT2D eigenvalue weighted by Gasteiger charge is -2.29. The molecule has 1 aromatic rings. The van der Waals surface area contributed by atoms with E-state index in [1.807, 2.05) is 27.7 Å². The normalized spacial score (nSPS) is 13.6. The van der Waals surface area contributed by atoms with Crippen LogP contribution in [0.1, 0.15) is 27.7 Å². The summed E-state index contributed by atoms with van der Waals surface area (Å²) >= 11 is 0. The zero-order valence-electron chi connectivity index (χ0n) is 11.6.